The van der Waals surface area contributed by atoms with Crippen molar-refractivity contribution in [3.8, 4) is 5.88 Å². The fraction of sp³-hybridized carbons (Fsp3) is 0.474. The highest BCUT2D eigenvalue weighted by Gasteiger charge is 2.20. The fourth-order valence-corrected chi connectivity index (χ4v) is 3.41. The van der Waals surface area contributed by atoms with E-state index in [4.69, 9.17) is 21.1 Å². The maximum absolute atomic E-state index is 12.0. The van der Waals surface area contributed by atoms with Gasteiger partial charge in [0.25, 0.3) is 0 Å². The molecule has 2 rings (SSSR count). The second-order valence-electron chi connectivity index (χ2n) is 5.98. The van der Waals surface area contributed by atoms with E-state index in [0.29, 0.717) is 53.7 Å². The largest absolute Gasteiger partial charge is 0.476 e. The summed E-state index contributed by atoms with van der Waals surface area (Å²) in [5.41, 5.74) is 0.669. The molecule has 0 amide bonds. The summed E-state index contributed by atoms with van der Waals surface area (Å²) < 4.78 is 10.6. The number of ether oxygens (including phenoxy) is 2. The quantitative estimate of drug-likeness (QED) is 0.267. The Kier molecular flexibility index (Phi) is 9.14. The SMILES string of the molecule is CCNC(=NCCOc1ccc(Cl)cn1)NC(C)c1nc(C)c(C(=O)OCC)s1. The number of nitrogens with one attached hydrogen (secondary N) is 2. The van der Waals surface area contributed by atoms with Gasteiger partial charge in [0, 0.05) is 18.8 Å². The molecule has 2 aromatic heterocycles. The molecule has 0 aromatic carbocycles. The standard InChI is InChI=1S/C19H26ClN5O3S/c1-5-21-19(22-9-10-28-15-8-7-14(20)11-23-15)25-13(4)17-24-12(3)16(29-17)18(26)27-6-2/h7-8,11,13H,5-6,9-10H2,1-4H3,(H2,21,22,25). The third-order valence-corrected chi connectivity index (χ3v) is 5.20. The van der Waals surface area contributed by atoms with Gasteiger partial charge in [-0.1, -0.05) is 11.6 Å². The van der Waals surface area contributed by atoms with Gasteiger partial charge in [0.05, 0.1) is 29.9 Å². The minimum absolute atomic E-state index is 0.126. The number of aryl methyl sites for hydroxylation is 1. The van der Waals surface area contributed by atoms with Crippen LogP contribution in [0.1, 0.15) is 47.2 Å². The van der Waals surface area contributed by atoms with E-state index in [1.165, 1.54) is 17.5 Å². The summed E-state index contributed by atoms with van der Waals surface area (Å²) >= 11 is 7.13. The molecule has 0 bridgehead atoms. The van der Waals surface area contributed by atoms with Gasteiger partial charge in [0.1, 0.15) is 16.5 Å². The van der Waals surface area contributed by atoms with Crippen molar-refractivity contribution in [3.63, 3.8) is 0 Å². The maximum atomic E-state index is 12.0. The number of esters is 1. The van der Waals surface area contributed by atoms with Crippen molar-refractivity contribution >= 4 is 34.9 Å². The number of pyridine rings is 1. The Morgan fingerprint density at radius 2 is 2.17 bits per heavy atom. The molecule has 0 saturated heterocycles. The van der Waals surface area contributed by atoms with Gasteiger partial charge in [-0.15, -0.1) is 11.3 Å². The number of thiazole rings is 1. The van der Waals surface area contributed by atoms with Crippen LogP contribution >= 0.6 is 22.9 Å². The van der Waals surface area contributed by atoms with E-state index < -0.39 is 0 Å². The molecule has 0 aliphatic carbocycles. The number of hydrogen-bond acceptors (Lipinski definition) is 7. The molecule has 29 heavy (non-hydrogen) atoms. The number of aliphatic imine (C=N–C) groups is 1. The third-order valence-electron chi connectivity index (χ3n) is 3.65. The van der Waals surface area contributed by atoms with Crippen LogP contribution in [-0.2, 0) is 4.74 Å². The number of guanidine groups is 1. The Bertz CT molecular complexity index is 826. The van der Waals surface area contributed by atoms with Gasteiger partial charge < -0.3 is 20.1 Å². The van der Waals surface area contributed by atoms with E-state index in [1.807, 2.05) is 13.8 Å². The lowest BCUT2D eigenvalue weighted by Crippen LogP contribution is -2.39. The van der Waals surface area contributed by atoms with Gasteiger partial charge in [0.2, 0.25) is 5.88 Å². The summed E-state index contributed by atoms with van der Waals surface area (Å²) in [4.78, 5) is 25.6. The van der Waals surface area contributed by atoms with Crippen molar-refractivity contribution in [3.05, 3.63) is 38.9 Å². The van der Waals surface area contributed by atoms with E-state index in [1.54, 1.807) is 26.0 Å². The van der Waals surface area contributed by atoms with Gasteiger partial charge in [-0.05, 0) is 33.8 Å². The molecule has 0 fully saturated rings. The number of hydrogen-bond donors (Lipinski definition) is 2. The predicted octanol–water partition coefficient (Wildman–Crippen LogP) is 3.37. The molecule has 158 valence electrons. The second kappa shape index (κ2) is 11.6. The average molecular weight is 440 g/mol. The first-order valence-electron chi connectivity index (χ1n) is 9.38. The van der Waals surface area contributed by atoms with Crippen LogP contribution < -0.4 is 15.4 Å². The molecule has 0 aliphatic rings. The van der Waals surface area contributed by atoms with E-state index in [-0.39, 0.29) is 12.0 Å². The second-order valence-corrected chi connectivity index (χ2v) is 7.44. The molecule has 2 N–H and O–H groups in total. The molecule has 2 aromatic rings. The van der Waals surface area contributed by atoms with Crippen LogP contribution in [0, 0.1) is 6.92 Å². The highest BCUT2D eigenvalue weighted by Crippen LogP contribution is 2.24. The topological polar surface area (TPSA) is 97.7 Å². The Balaban J connectivity index is 1.94. The summed E-state index contributed by atoms with van der Waals surface area (Å²) in [6, 6.07) is 3.31. The van der Waals surface area contributed by atoms with Gasteiger partial charge in [0.15, 0.2) is 5.96 Å². The lowest BCUT2D eigenvalue weighted by Gasteiger charge is -2.16. The molecule has 1 atom stereocenters. The van der Waals surface area contributed by atoms with Crippen molar-refractivity contribution < 1.29 is 14.3 Å². The maximum Gasteiger partial charge on any atom is 0.350 e. The van der Waals surface area contributed by atoms with Crippen molar-refractivity contribution in [2.45, 2.75) is 33.7 Å². The van der Waals surface area contributed by atoms with Crippen LogP contribution in [0.15, 0.2) is 23.3 Å². The minimum Gasteiger partial charge on any atom is -0.476 e. The summed E-state index contributed by atoms with van der Waals surface area (Å²) in [5, 5.41) is 7.84. The van der Waals surface area contributed by atoms with Gasteiger partial charge in [-0.25, -0.2) is 19.8 Å². The number of carbonyl (C=O) groups excluding carboxylic acids is 1. The first kappa shape index (κ1) is 22.9. The van der Waals surface area contributed by atoms with E-state index in [2.05, 4.69) is 25.6 Å². The molecule has 0 spiro atoms. The zero-order valence-electron chi connectivity index (χ0n) is 17.0. The van der Waals surface area contributed by atoms with Crippen LogP contribution in [0.3, 0.4) is 0 Å². The third kappa shape index (κ3) is 7.17. The molecule has 0 radical (unpaired) electrons. The first-order chi connectivity index (χ1) is 13.9. The highest BCUT2D eigenvalue weighted by atomic mass is 35.5. The van der Waals surface area contributed by atoms with Crippen molar-refractivity contribution in [2.75, 3.05) is 26.3 Å². The van der Waals surface area contributed by atoms with E-state index in [0.717, 1.165) is 5.01 Å². The lowest BCUT2D eigenvalue weighted by molar-refractivity contribution is 0.0531. The van der Waals surface area contributed by atoms with Crippen LogP contribution in [0.25, 0.3) is 0 Å². The van der Waals surface area contributed by atoms with Crippen LogP contribution in [0.4, 0.5) is 0 Å². The zero-order valence-corrected chi connectivity index (χ0v) is 18.6. The van der Waals surface area contributed by atoms with Crippen molar-refractivity contribution in [1.29, 1.82) is 0 Å². The Morgan fingerprint density at radius 1 is 1.38 bits per heavy atom. The summed E-state index contributed by atoms with van der Waals surface area (Å²) in [6.45, 7) is 9.41. The summed E-state index contributed by atoms with van der Waals surface area (Å²) in [7, 11) is 0. The van der Waals surface area contributed by atoms with Crippen LogP contribution in [0.5, 0.6) is 5.88 Å². The zero-order chi connectivity index (χ0) is 21.2. The van der Waals surface area contributed by atoms with Gasteiger partial charge in [-0.2, -0.15) is 0 Å². The highest BCUT2D eigenvalue weighted by molar-refractivity contribution is 7.13. The van der Waals surface area contributed by atoms with Crippen molar-refractivity contribution in [1.82, 2.24) is 20.6 Å². The molecule has 8 nitrogen and oxygen atoms in total. The number of carbonyl (C=O) groups is 1. The number of nitrogens with zero attached hydrogens (tertiary/aromatic N) is 3. The first-order valence-corrected chi connectivity index (χ1v) is 10.6. The van der Waals surface area contributed by atoms with Gasteiger partial charge in [-0.3, -0.25) is 0 Å². The van der Waals surface area contributed by atoms with E-state index >= 15 is 0 Å². The number of aromatic nitrogens is 2. The molecular weight excluding hydrogens is 414 g/mol. The number of rotatable bonds is 9. The summed E-state index contributed by atoms with van der Waals surface area (Å²) in [5.74, 6) is 0.799. The van der Waals surface area contributed by atoms with Crippen LogP contribution in [-0.4, -0.2) is 48.2 Å². The smallest absolute Gasteiger partial charge is 0.350 e. The normalized spacial score (nSPS) is 12.4. The fourth-order valence-electron chi connectivity index (χ4n) is 2.33. The number of halogens is 1. The van der Waals surface area contributed by atoms with Gasteiger partial charge >= 0.3 is 5.97 Å². The molecule has 1 unspecified atom stereocenters. The average Bonchev–Trinajstić information content (AvgIpc) is 3.09. The lowest BCUT2D eigenvalue weighted by atomic mass is 10.3. The Morgan fingerprint density at radius 3 is 2.83 bits per heavy atom. The van der Waals surface area contributed by atoms with Crippen LogP contribution in [0.2, 0.25) is 5.02 Å². The molecular formula is C19H26ClN5O3S. The van der Waals surface area contributed by atoms with E-state index in [9.17, 15) is 4.79 Å². The molecule has 10 heteroatoms. The Hall–Kier alpha value is -2.39. The molecule has 2 heterocycles. The minimum atomic E-state index is -0.338. The predicted molar refractivity (Wildman–Crippen MR) is 115 cm³/mol. The van der Waals surface area contributed by atoms with Crippen molar-refractivity contribution in [2.24, 2.45) is 4.99 Å². The monoisotopic (exact) mass is 439 g/mol. The summed E-state index contributed by atoms with van der Waals surface area (Å²) in [6.07, 6.45) is 1.54. The molecule has 0 aliphatic heterocycles. The Labute approximate surface area is 179 Å². The molecule has 0 saturated carbocycles.